The first kappa shape index (κ1) is 11.2. The zero-order valence-electron chi connectivity index (χ0n) is 9.67. The molecule has 1 fully saturated rings. The first-order chi connectivity index (χ1) is 8.79. The number of nitriles is 1. The van der Waals surface area contributed by atoms with Gasteiger partial charge in [0.2, 0.25) is 0 Å². The normalized spacial score (nSPS) is 15.1. The molecule has 1 aromatic carbocycles. The monoisotopic (exact) mass is 258 g/mol. The summed E-state index contributed by atoms with van der Waals surface area (Å²) in [5, 5.41) is 17.8. The Labute approximate surface area is 110 Å². The molecule has 18 heavy (non-hydrogen) atoms. The van der Waals surface area contributed by atoms with Gasteiger partial charge in [-0.05, 0) is 37.1 Å². The van der Waals surface area contributed by atoms with Crippen LogP contribution in [0.2, 0.25) is 5.02 Å². The van der Waals surface area contributed by atoms with Crippen LogP contribution in [0, 0.1) is 11.3 Å². The molecule has 0 radical (unpaired) electrons. The van der Waals surface area contributed by atoms with Crippen molar-refractivity contribution < 1.29 is 0 Å². The van der Waals surface area contributed by atoms with Crippen LogP contribution in [-0.4, -0.2) is 15.0 Å². The summed E-state index contributed by atoms with van der Waals surface area (Å²) in [6, 6.07) is 9.53. The van der Waals surface area contributed by atoms with Crippen LogP contribution in [0.4, 0.5) is 0 Å². The van der Waals surface area contributed by atoms with Gasteiger partial charge in [-0.2, -0.15) is 5.26 Å². The average molecular weight is 259 g/mol. The number of aromatic nitrogens is 3. The van der Waals surface area contributed by atoms with Gasteiger partial charge in [0.05, 0.1) is 11.4 Å². The second-order valence-electron chi connectivity index (χ2n) is 4.45. The van der Waals surface area contributed by atoms with Crippen LogP contribution in [0.25, 0.3) is 5.69 Å². The predicted molar refractivity (Wildman–Crippen MR) is 67.7 cm³/mol. The minimum absolute atomic E-state index is 0.408. The molecule has 0 saturated heterocycles. The maximum atomic E-state index is 9.10. The van der Waals surface area contributed by atoms with Crippen molar-refractivity contribution in [2.24, 2.45) is 0 Å². The van der Waals surface area contributed by atoms with Crippen molar-refractivity contribution >= 4 is 11.6 Å². The number of hydrogen-bond acceptors (Lipinski definition) is 3. The lowest BCUT2D eigenvalue weighted by Crippen LogP contribution is -2.15. The Morgan fingerprint density at radius 1 is 1.28 bits per heavy atom. The van der Waals surface area contributed by atoms with Crippen LogP contribution in [0.1, 0.15) is 36.6 Å². The van der Waals surface area contributed by atoms with E-state index in [1.807, 2.05) is 24.3 Å². The summed E-state index contributed by atoms with van der Waals surface area (Å²) in [6.07, 6.45) is 3.42. The first-order valence-electron chi connectivity index (χ1n) is 5.91. The fourth-order valence-electron chi connectivity index (χ4n) is 2.19. The predicted octanol–water partition coefficient (Wildman–Crippen LogP) is 3.06. The highest BCUT2D eigenvalue weighted by atomic mass is 35.5. The molecule has 90 valence electrons. The molecule has 3 rings (SSSR count). The summed E-state index contributed by atoms with van der Waals surface area (Å²) in [7, 11) is 0. The molecule has 0 spiro atoms. The van der Waals surface area contributed by atoms with Crippen LogP contribution in [0.5, 0.6) is 0 Å². The molecule has 2 aromatic rings. The topological polar surface area (TPSA) is 54.5 Å². The van der Waals surface area contributed by atoms with Gasteiger partial charge < -0.3 is 0 Å². The fraction of sp³-hybridized carbons (Fsp3) is 0.308. The molecule has 0 unspecified atom stereocenters. The van der Waals surface area contributed by atoms with Crippen molar-refractivity contribution in [3.05, 3.63) is 40.7 Å². The third kappa shape index (κ3) is 1.77. The lowest BCUT2D eigenvalue weighted by atomic mass is 9.82. The first-order valence-corrected chi connectivity index (χ1v) is 6.29. The van der Waals surface area contributed by atoms with E-state index in [0.717, 1.165) is 24.2 Å². The van der Waals surface area contributed by atoms with Gasteiger partial charge in [0.25, 0.3) is 0 Å². The Bertz CT molecular complexity index is 605. The Morgan fingerprint density at radius 2 is 2.00 bits per heavy atom. The van der Waals surface area contributed by atoms with Crippen molar-refractivity contribution in [1.29, 1.82) is 5.26 Å². The number of hydrogen-bond donors (Lipinski definition) is 0. The van der Waals surface area contributed by atoms with Crippen molar-refractivity contribution in [2.45, 2.75) is 25.2 Å². The molecule has 0 bridgehead atoms. The SMILES string of the molecule is N#Cc1nnn(-c2ccc(Cl)cc2)c1C1CCC1. The maximum Gasteiger partial charge on any atom is 0.186 e. The van der Waals surface area contributed by atoms with Gasteiger partial charge in [-0.15, -0.1) is 5.10 Å². The molecule has 1 aromatic heterocycles. The lowest BCUT2D eigenvalue weighted by Gasteiger charge is -2.25. The molecule has 0 atom stereocenters. The van der Waals surface area contributed by atoms with Crippen molar-refractivity contribution in [1.82, 2.24) is 15.0 Å². The van der Waals surface area contributed by atoms with E-state index >= 15 is 0 Å². The van der Waals surface area contributed by atoms with Gasteiger partial charge in [0, 0.05) is 10.9 Å². The maximum absolute atomic E-state index is 9.10. The molecule has 0 amide bonds. The third-order valence-electron chi connectivity index (χ3n) is 3.37. The van der Waals surface area contributed by atoms with Gasteiger partial charge in [0.15, 0.2) is 5.69 Å². The van der Waals surface area contributed by atoms with Crippen molar-refractivity contribution in [3.8, 4) is 11.8 Å². The van der Waals surface area contributed by atoms with E-state index in [1.54, 1.807) is 4.68 Å². The van der Waals surface area contributed by atoms with Crippen LogP contribution < -0.4 is 0 Å². The number of halogens is 1. The van der Waals surface area contributed by atoms with E-state index in [4.69, 9.17) is 16.9 Å². The van der Waals surface area contributed by atoms with E-state index in [-0.39, 0.29) is 0 Å². The van der Waals surface area contributed by atoms with Gasteiger partial charge in [-0.25, -0.2) is 4.68 Å². The molecular formula is C13H11ClN4. The Hall–Kier alpha value is -1.86. The van der Waals surface area contributed by atoms with Gasteiger partial charge in [-0.1, -0.05) is 23.2 Å². The lowest BCUT2D eigenvalue weighted by molar-refractivity contribution is 0.402. The quantitative estimate of drug-likeness (QED) is 0.832. The molecule has 5 heteroatoms. The molecule has 4 nitrogen and oxygen atoms in total. The van der Waals surface area contributed by atoms with E-state index in [2.05, 4.69) is 16.4 Å². The molecule has 1 aliphatic carbocycles. The zero-order chi connectivity index (χ0) is 12.5. The molecular weight excluding hydrogens is 248 g/mol. The highest BCUT2D eigenvalue weighted by Crippen LogP contribution is 2.38. The largest absolute Gasteiger partial charge is 0.216 e. The van der Waals surface area contributed by atoms with Crippen LogP contribution in [0.15, 0.2) is 24.3 Å². The summed E-state index contributed by atoms with van der Waals surface area (Å²) in [4.78, 5) is 0. The highest BCUT2D eigenvalue weighted by Gasteiger charge is 2.28. The summed E-state index contributed by atoms with van der Waals surface area (Å²) < 4.78 is 1.76. The van der Waals surface area contributed by atoms with Crippen LogP contribution >= 0.6 is 11.6 Å². The van der Waals surface area contributed by atoms with Crippen molar-refractivity contribution in [3.63, 3.8) is 0 Å². The standard InChI is InChI=1S/C13H11ClN4/c14-10-4-6-11(7-5-10)18-13(9-2-1-3-9)12(8-15)16-17-18/h4-7,9H,1-3H2. The second-order valence-corrected chi connectivity index (χ2v) is 4.89. The van der Waals surface area contributed by atoms with E-state index in [1.165, 1.54) is 6.42 Å². The summed E-state index contributed by atoms with van der Waals surface area (Å²) in [5.41, 5.74) is 2.27. The number of benzene rings is 1. The minimum Gasteiger partial charge on any atom is -0.216 e. The Balaban J connectivity index is 2.09. The van der Waals surface area contributed by atoms with Crippen LogP contribution in [-0.2, 0) is 0 Å². The van der Waals surface area contributed by atoms with Crippen LogP contribution in [0.3, 0.4) is 0 Å². The fourth-order valence-corrected chi connectivity index (χ4v) is 2.32. The van der Waals surface area contributed by atoms with E-state index in [9.17, 15) is 0 Å². The summed E-state index contributed by atoms with van der Waals surface area (Å²) in [5.74, 6) is 0.408. The average Bonchev–Trinajstić information content (AvgIpc) is 2.72. The van der Waals surface area contributed by atoms with E-state index < -0.39 is 0 Å². The number of rotatable bonds is 2. The second kappa shape index (κ2) is 4.43. The molecule has 1 saturated carbocycles. The molecule has 1 aliphatic rings. The molecule has 1 heterocycles. The van der Waals surface area contributed by atoms with Gasteiger partial charge in [-0.3, -0.25) is 0 Å². The Morgan fingerprint density at radius 3 is 2.56 bits per heavy atom. The number of nitrogens with zero attached hydrogens (tertiary/aromatic N) is 4. The summed E-state index contributed by atoms with van der Waals surface area (Å²) >= 11 is 5.87. The third-order valence-corrected chi connectivity index (χ3v) is 3.63. The summed E-state index contributed by atoms with van der Waals surface area (Å²) in [6.45, 7) is 0. The molecule has 0 N–H and O–H groups in total. The van der Waals surface area contributed by atoms with E-state index in [0.29, 0.717) is 16.6 Å². The zero-order valence-corrected chi connectivity index (χ0v) is 10.4. The van der Waals surface area contributed by atoms with Gasteiger partial charge in [0.1, 0.15) is 6.07 Å². The highest BCUT2D eigenvalue weighted by molar-refractivity contribution is 6.30. The molecule has 0 aliphatic heterocycles. The smallest absolute Gasteiger partial charge is 0.186 e. The minimum atomic E-state index is 0.408. The van der Waals surface area contributed by atoms with Gasteiger partial charge >= 0.3 is 0 Å². The Kier molecular flexibility index (Phi) is 2.77. The van der Waals surface area contributed by atoms with Crippen molar-refractivity contribution in [2.75, 3.05) is 0 Å².